The summed E-state index contributed by atoms with van der Waals surface area (Å²) in [6.07, 6.45) is 0.321. The highest BCUT2D eigenvalue weighted by Gasteiger charge is 2.41. The highest BCUT2D eigenvalue weighted by Crippen LogP contribution is 2.38. The molecule has 0 spiro atoms. The molecule has 0 fully saturated rings. The number of carboxylic acids is 1. The quantitative estimate of drug-likeness (QED) is 0.412. The van der Waals surface area contributed by atoms with E-state index in [0.29, 0.717) is 10.8 Å². The maximum Gasteiger partial charge on any atom is 0.336 e. The normalized spacial score (nSPS) is 14.6. The Morgan fingerprint density at radius 3 is 2.22 bits per heavy atom. The van der Waals surface area contributed by atoms with E-state index in [1.54, 1.807) is 0 Å². The van der Waals surface area contributed by atoms with Gasteiger partial charge in [-0.2, -0.15) is 18.1 Å². The molecule has 0 radical (unpaired) electrons. The maximum atomic E-state index is 12.1. The van der Waals surface area contributed by atoms with Gasteiger partial charge in [-0.05, 0) is 6.07 Å². The van der Waals surface area contributed by atoms with Crippen molar-refractivity contribution in [2.45, 2.75) is 0 Å². The Morgan fingerprint density at radius 1 is 1.04 bits per heavy atom. The number of carbonyl (C=O) groups excluding carboxylic acids is 2. The number of aromatic carboxylic acids is 1. The first-order valence-corrected chi connectivity index (χ1v) is 8.52. The van der Waals surface area contributed by atoms with Crippen LogP contribution in [0.5, 0.6) is 11.8 Å². The summed E-state index contributed by atoms with van der Waals surface area (Å²) >= 11 is 0. The number of amides is 2. The Hall–Kier alpha value is -3.64. The van der Waals surface area contributed by atoms with Crippen LogP contribution in [0.25, 0.3) is 11.1 Å². The summed E-state index contributed by atoms with van der Waals surface area (Å²) in [4.78, 5) is 34.2. The monoisotopic (exact) mass is 394 g/mol. The highest BCUT2D eigenvalue weighted by molar-refractivity contribution is 7.91. The number of imide groups is 1. The fourth-order valence-corrected chi connectivity index (χ4v) is 3.15. The van der Waals surface area contributed by atoms with Crippen molar-refractivity contribution >= 4 is 27.9 Å². The molecule has 2 heterocycles. The highest BCUT2D eigenvalue weighted by atomic mass is 32.2. The van der Waals surface area contributed by atoms with Gasteiger partial charge in [0.15, 0.2) is 4.91 Å². The first-order valence-electron chi connectivity index (χ1n) is 7.08. The lowest BCUT2D eigenvalue weighted by Gasteiger charge is -2.17. The summed E-state index contributed by atoms with van der Waals surface area (Å²) in [5.74, 6) is -5.85. The lowest BCUT2D eigenvalue weighted by Crippen LogP contribution is -2.40. The van der Waals surface area contributed by atoms with Crippen LogP contribution < -0.4 is 5.01 Å². The van der Waals surface area contributed by atoms with Crippen molar-refractivity contribution in [3.63, 3.8) is 0 Å². The molecule has 0 atom stereocenters. The Morgan fingerprint density at radius 2 is 1.67 bits per heavy atom. The number of benzene rings is 1. The minimum absolute atomic E-state index is 0.0291. The molecule has 12 heteroatoms. The molecule has 140 valence electrons. The van der Waals surface area contributed by atoms with Gasteiger partial charge in [-0.3, -0.25) is 14.1 Å². The van der Waals surface area contributed by atoms with Gasteiger partial charge < -0.3 is 15.3 Å². The molecule has 1 aliphatic rings. The second-order valence-corrected chi connectivity index (χ2v) is 6.73. The fourth-order valence-electron chi connectivity index (χ4n) is 2.59. The van der Waals surface area contributed by atoms with E-state index in [4.69, 9.17) is 4.55 Å². The van der Waals surface area contributed by atoms with Crippen LogP contribution in [0.1, 0.15) is 10.4 Å². The molecular weight excluding hydrogens is 384 g/mol. The predicted octanol–water partition coefficient (Wildman–Crippen LogP) is 0.0410. The molecule has 27 heavy (non-hydrogen) atoms. The summed E-state index contributed by atoms with van der Waals surface area (Å²) in [6.45, 7) is 0. The average Bonchev–Trinajstić information content (AvgIpc) is 3.03. The number of carboxylic acid groups (broad SMARTS) is 1. The van der Waals surface area contributed by atoms with Gasteiger partial charge in [0.05, 0.1) is 11.1 Å². The van der Waals surface area contributed by atoms with E-state index in [2.05, 4.69) is 0 Å². The van der Waals surface area contributed by atoms with Gasteiger partial charge >= 0.3 is 5.97 Å². The summed E-state index contributed by atoms with van der Waals surface area (Å²) in [6, 6.07) is 6.33. The number of hydrogen-bond donors (Lipinski definition) is 4. The molecule has 1 aromatic heterocycles. The summed E-state index contributed by atoms with van der Waals surface area (Å²) in [5.41, 5.74) is -0.495. The van der Waals surface area contributed by atoms with E-state index in [1.165, 1.54) is 24.3 Å². The largest absolute Gasteiger partial charge is 0.493 e. The smallest absolute Gasteiger partial charge is 0.336 e. The Labute approximate surface area is 150 Å². The lowest BCUT2D eigenvalue weighted by molar-refractivity contribution is -0.122. The third-order valence-electron chi connectivity index (χ3n) is 3.72. The van der Waals surface area contributed by atoms with Crippen LogP contribution in [0.3, 0.4) is 0 Å². The van der Waals surface area contributed by atoms with Crippen LogP contribution in [-0.4, -0.2) is 50.7 Å². The zero-order chi connectivity index (χ0) is 20.1. The number of aromatic nitrogens is 1. The van der Waals surface area contributed by atoms with Crippen LogP contribution in [0.15, 0.2) is 41.3 Å². The third-order valence-corrected chi connectivity index (χ3v) is 4.57. The third kappa shape index (κ3) is 2.82. The van der Waals surface area contributed by atoms with Crippen molar-refractivity contribution in [2.24, 2.45) is 0 Å². The predicted molar refractivity (Wildman–Crippen MR) is 88.0 cm³/mol. The van der Waals surface area contributed by atoms with Gasteiger partial charge in [-0.1, -0.05) is 18.2 Å². The molecule has 2 amide bonds. The van der Waals surface area contributed by atoms with Crippen molar-refractivity contribution in [3.05, 3.63) is 46.9 Å². The van der Waals surface area contributed by atoms with Gasteiger partial charge in [-0.25, -0.2) is 4.79 Å². The second kappa shape index (κ2) is 5.96. The number of carbonyl (C=O) groups is 3. The van der Waals surface area contributed by atoms with E-state index >= 15 is 0 Å². The lowest BCUT2D eigenvalue weighted by atomic mass is 10.0. The van der Waals surface area contributed by atoms with Crippen molar-refractivity contribution < 1.29 is 42.7 Å². The SMILES string of the molecule is O=C(O)c1ccccc1-c1cc(O)n(N2C(=O)C=C(S(=O)(=O)O)C2=O)c1O. The van der Waals surface area contributed by atoms with Crippen molar-refractivity contribution in [2.75, 3.05) is 5.01 Å². The van der Waals surface area contributed by atoms with E-state index in [0.717, 1.165) is 6.07 Å². The first kappa shape index (κ1) is 18.2. The number of hydrogen-bond acceptors (Lipinski definition) is 7. The molecule has 4 N–H and O–H groups in total. The molecule has 3 rings (SSSR count). The van der Waals surface area contributed by atoms with Crippen molar-refractivity contribution in [1.82, 2.24) is 4.68 Å². The van der Waals surface area contributed by atoms with Crippen LogP contribution >= 0.6 is 0 Å². The molecule has 0 saturated heterocycles. The van der Waals surface area contributed by atoms with Gasteiger partial charge in [0, 0.05) is 17.7 Å². The minimum atomic E-state index is -5.02. The maximum absolute atomic E-state index is 12.1. The Bertz CT molecular complexity index is 1140. The molecule has 11 nitrogen and oxygen atoms in total. The minimum Gasteiger partial charge on any atom is -0.493 e. The zero-order valence-corrected chi connectivity index (χ0v) is 13.9. The first-order chi connectivity index (χ1) is 12.5. The van der Waals surface area contributed by atoms with Gasteiger partial charge in [0.1, 0.15) is 0 Å². The van der Waals surface area contributed by atoms with Crippen LogP contribution in [0.4, 0.5) is 0 Å². The summed E-state index contributed by atoms with van der Waals surface area (Å²) in [7, 11) is -5.02. The molecule has 0 bridgehead atoms. The standard InChI is InChI=1S/C15H10N2O9S/c18-11-5-9(7-3-1-2-4-8(7)15(22)23)13(20)16(11)17-12(19)6-10(14(17)21)27(24,25)26/h1-6,18,20H,(H,22,23)(H,24,25,26). The van der Waals surface area contributed by atoms with E-state index in [1.807, 2.05) is 0 Å². The second-order valence-electron chi connectivity index (χ2n) is 5.34. The molecular formula is C15H10N2O9S. The van der Waals surface area contributed by atoms with E-state index in [9.17, 15) is 38.1 Å². The van der Waals surface area contributed by atoms with Crippen LogP contribution in [0.2, 0.25) is 0 Å². The molecule has 0 unspecified atom stereocenters. The van der Waals surface area contributed by atoms with Crippen molar-refractivity contribution in [1.29, 1.82) is 0 Å². The molecule has 0 aliphatic carbocycles. The topological polar surface area (TPSA) is 174 Å². The average molecular weight is 394 g/mol. The van der Waals surface area contributed by atoms with Gasteiger partial charge in [0.25, 0.3) is 21.9 Å². The Kier molecular flexibility index (Phi) is 4.01. The van der Waals surface area contributed by atoms with Gasteiger partial charge in [0.2, 0.25) is 11.8 Å². The number of rotatable bonds is 4. The zero-order valence-electron chi connectivity index (χ0n) is 13.1. The van der Waals surface area contributed by atoms with E-state index < -0.39 is 44.6 Å². The van der Waals surface area contributed by atoms with Crippen LogP contribution in [-0.2, 0) is 19.7 Å². The van der Waals surface area contributed by atoms with E-state index in [-0.39, 0.29) is 21.7 Å². The number of aromatic hydroxyl groups is 2. The summed E-state index contributed by atoms with van der Waals surface area (Å²) in [5, 5.41) is 29.8. The fraction of sp³-hybridized carbons (Fsp3) is 0. The molecule has 0 saturated carbocycles. The number of nitrogens with zero attached hydrogens (tertiary/aromatic N) is 2. The van der Waals surface area contributed by atoms with Gasteiger partial charge in [-0.15, -0.1) is 0 Å². The Balaban J connectivity index is 2.16. The van der Waals surface area contributed by atoms with Crippen LogP contribution in [0, 0.1) is 0 Å². The van der Waals surface area contributed by atoms with Crippen molar-refractivity contribution in [3.8, 4) is 22.9 Å². The summed E-state index contributed by atoms with van der Waals surface area (Å²) < 4.78 is 31.6. The molecule has 1 aliphatic heterocycles. The molecule has 1 aromatic carbocycles. The molecule has 2 aromatic rings.